The number of carbonyl (C=O) groups is 2. The van der Waals surface area contributed by atoms with Gasteiger partial charge >= 0.3 is 0 Å². The minimum atomic E-state index is -0.0262. The summed E-state index contributed by atoms with van der Waals surface area (Å²) in [6, 6.07) is 0. The fourth-order valence-corrected chi connectivity index (χ4v) is 1.86. The van der Waals surface area contributed by atoms with Crippen LogP contribution in [0.4, 0.5) is 0 Å². The Morgan fingerprint density at radius 3 is 2.67 bits per heavy atom. The van der Waals surface area contributed by atoms with Crippen molar-refractivity contribution in [1.29, 1.82) is 0 Å². The van der Waals surface area contributed by atoms with Crippen LogP contribution in [-0.4, -0.2) is 56.5 Å². The Balaban J connectivity index is 2.21. The Morgan fingerprint density at radius 2 is 2.11 bits per heavy atom. The highest BCUT2D eigenvalue weighted by molar-refractivity contribution is 5.84. The van der Waals surface area contributed by atoms with Crippen molar-refractivity contribution in [2.24, 2.45) is 11.8 Å². The SMILES string of the molecule is CC(C)CNC(=O)CN(C)CC(=O)C1CCOC1. The molecule has 0 saturated carbocycles. The van der Waals surface area contributed by atoms with E-state index in [9.17, 15) is 9.59 Å². The summed E-state index contributed by atoms with van der Waals surface area (Å²) >= 11 is 0. The van der Waals surface area contributed by atoms with Crippen LogP contribution in [0.25, 0.3) is 0 Å². The van der Waals surface area contributed by atoms with Gasteiger partial charge in [-0.3, -0.25) is 14.5 Å². The zero-order valence-electron chi connectivity index (χ0n) is 11.6. The van der Waals surface area contributed by atoms with E-state index in [0.29, 0.717) is 32.2 Å². The summed E-state index contributed by atoms with van der Waals surface area (Å²) in [5.74, 6) is 0.607. The van der Waals surface area contributed by atoms with Crippen molar-refractivity contribution in [3.63, 3.8) is 0 Å². The van der Waals surface area contributed by atoms with Crippen molar-refractivity contribution in [1.82, 2.24) is 10.2 Å². The predicted molar refractivity (Wildman–Crippen MR) is 69.3 cm³/mol. The van der Waals surface area contributed by atoms with E-state index in [1.807, 2.05) is 13.8 Å². The minimum absolute atomic E-state index is 0.0196. The maximum Gasteiger partial charge on any atom is 0.234 e. The molecule has 1 heterocycles. The van der Waals surface area contributed by atoms with E-state index in [1.165, 1.54) is 0 Å². The third kappa shape index (κ3) is 5.60. The molecule has 0 radical (unpaired) electrons. The summed E-state index contributed by atoms with van der Waals surface area (Å²) < 4.78 is 5.19. The first kappa shape index (κ1) is 15.1. The number of amides is 1. The molecular weight excluding hydrogens is 232 g/mol. The number of likely N-dealkylation sites (N-methyl/N-ethyl adjacent to an activating group) is 1. The van der Waals surface area contributed by atoms with Crippen LogP contribution in [0.15, 0.2) is 0 Å². The monoisotopic (exact) mass is 256 g/mol. The van der Waals surface area contributed by atoms with Gasteiger partial charge in [0, 0.05) is 19.1 Å². The predicted octanol–water partition coefficient (Wildman–Crippen LogP) is 0.296. The number of ketones is 1. The van der Waals surface area contributed by atoms with Crippen LogP contribution >= 0.6 is 0 Å². The van der Waals surface area contributed by atoms with Gasteiger partial charge in [0.15, 0.2) is 5.78 Å². The number of hydrogen-bond acceptors (Lipinski definition) is 4. The molecular formula is C13H24N2O3. The molecule has 1 atom stereocenters. The normalized spacial score (nSPS) is 19.5. The third-order valence-electron chi connectivity index (χ3n) is 2.93. The van der Waals surface area contributed by atoms with Gasteiger partial charge in [0.1, 0.15) is 0 Å². The smallest absolute Gasteiger partial charge is 0.234 e. The molecule has 0 aliphatic carbocycles. The van der Waals surface area contributed by atoms with Gasteiger partial charge in [-0.15, -0.1) is 0 Å². The maximum atomic E-state index is 11.8. The molecule has 0 aromatic heterocycles. The van der Waals surface area contributed by atoms with E-state index in [4.69, 9.17) is 4.74 Å². The summed E-state index contributed by atoms with van der Waals surface area (Å²) in [6.07, 6.45) is 0.812. The molecule has 18 heavy (non-hydrogen) atoms. The molecule has 104 valence electrons. The van der Waals surface area contributed by atoms with Crippen LogP contribution in [0, 0.1) is 11.8 Å². The van der Waals surface area contributed by atoms with Crippen molar-refractivity contribution in [3.8, 4) is 0 Å². The van der Waals surface area contributed by atoms with Crippen molar-refractivity contribution in [2.75, 3.05) is 39.9 Å². The van der Waals surface area contributed by atoms with Crippen LogP contribution < -0.4 is 5.32 Å². The summed E-state index contributed by atoms with van der Waals surface area (Å²) in [5, 5.41) is 2.84. The number of nitrogens with zero attached hydrogens (tertiary/aromatic N) is 1. The van der Waals surface area contributed by atoms with Crippen molar-refractivity contribution < 1.29 is 14.3 Å². The first-order chi connectivity index (χ1) is 8.49. The summed E-state index contributed by atoms with van der Waals surface area (Å²) in [7, 11) is 1.79. The molecule has 1 rings (SSSR count). The van der Waals surface area contributed by atoms with Crippen LogP contribution in [0.5, 0.6) is 0 Å². The fraction of sp³-hybridized carbons (Fsp3) is 0.846. The van der Waals surface area contributed by atoms with Gasteiger partial charge < -0.3 is 10.1 Å². The molecule has 1 fully saturated rings. The number of Topliss-reactive ketones (excluding diaryl/α,β-unsaturated/α-hetero) is 1. The molecule has 0 bridgehead atoms. The average molecular weight is 256 g/mol. The summed E-state index contributed by atoms with van der Waals surface area (Å²) in [5.41, 5.74) is 0. The highest BCUT2D eigenvalue weighted by Crippen LogP contribution is 2.13. The second-order valence-corrected chi connectivity index (χ2v) is 5.40. The lowest BCUT2D eigenvalue weighted by molar-refractivity contribution is -0.125. The largest absolute Gasteiger partial charge is 0.381 e. The standard InChI is InChI=1S/C13H24N2O3/c1-10(2)6-14-13(17)8-15(3)7-12(16)11-4-5-18-9-11/h10-11H,4-9H2,1-3H3,(H,14,17). The average Bonchev–Trinajstić information content (AvgIpc) is 2.79. The minimum Gasteiger partial charge on any atom is -0.381 e. The lowest BCUT2D eigenvalue weighted by Crippen LogP contribution is -2.40. The number of ether oxygens (including phenoxy) is 1. The first-order valence-corrected chi connectivity index (χ1v) is 6.54. The van der Waals surface area contributed by atoms with Crippen LogP contribution in [0.1, 0.15) is 20.3 Å². The Hall–Kier alpha value is -0.940. The summed E-state index contributed by atoms with van der Waals surface area (Å²) in [6.45, 7) is 6.58. The second kappa shape index (κ2) is 7.48. The van der Waals surface area contributed by atoms with E-state index in [0.717, 1.165) is 6.42 Å². The Kier molecular flexibility index (Phi) is 6.29. The molecule has 1 aliphatic heterocycles. The van der Waals surface area contributed by atoms with Gasteiger partial charge in [-0.2, -0.15) is 0 Å². The third-order valence-corrected chi connectivity index (χ3v) is 2.93. The van der Waals surface area contributed by atoms with Gasteiger partial charge in [-0.1, -0.05) is 13.8 Å². The molecule has 1 aliphatic rings. The van der Waals surface area contributed by atoms with Crippen molar-refractivity contribution >= 4 is 11.7 Å². The second-order valence-electron chi connectivity index (χ2n) is 5.40. The lowest BCUT2D eigenvalue weighted by Gasteiger charge is -2.17. The molecule has 1 unspecified atom stereocenters. The van der Waals surface area contributed by atoms with Gasteiger partial charge in [0.25, 0.3) is 0 Å². The zero-order valence-corrected chi connectivity index (χ0v) is 11.6. The fourth-order valence-electron chi connectivity index (χ4n) is 1.86. The molecule has 5 nitrogen and oxygen atoms in total. The first-order valence-electron chi connectivity index (χ1n) is 6.54. The van der Waals surface area contributed by atoms with E-state index >= 15 is 0 Å². The number of hydrogen-bond donors (Lipinski definition) is 1. The number of carbonyl (C=O) groups excluding carboxylic acids is 2. The zero-order chi connectivity index (χ0) is 13.5. The van der Waals surface area contributed by atoms with Crippen LogP contribution in [-0.2, 0) is 14.3 Å². The molecule has 0 aromatic carbocycles. The van der Waals surface area contributed by atoms with Gasteiger partial charge in [-0.05, 0) is 19.4 Å². The summed E-state index contributed by atoms with van der Waals surface area (Å²) in [4.78, 5) is 25.2. The molecule has 5 heteroatoms. The number of nitrogens with one attached hydrogen (secondary N) is 1. The Labute approximate surface area is 109 Å². The Morgan fingerprint density at radius 1 is 1.39 bits per heavy atom. The highest BCUT2D eigenvalue weighted by Gasteiger charge is 2.24. The maximum absolute atomic E-state index is 11.8. The van der Waals surface area contributed by atoms with Gasteiger partial charge in [0.2, 0.25) is 5.91 Å². The van der Waals surface area contributed by atoms with Crippen LogP contribution in [0.3, 0.4) is 0 Å². The molecule has 1 saturated heterocycles. The topological polar surface area (TPSA) is 58.6 Å². The lowest BCUT2D eigenvalue weighted by atomic mass is 10.0. The van der Waals surface area contributed by atoms with E-state index in [-0.39, 0.29) is 24.2 Å². The van der Waals surface area contributed by atoms with Crippen molar-refractivity contribution in [3.05, 3.63) is 0 Å². The van der Waals surface area contributed by atoms with Gasteiger partial charge in [0.05, 0.1) is 19.7 Å². The Bertz CT molecular complexity index is 286. The molecule has 0 aromatic rings. The van der Waals surface area contributed by atoms with Crippen molar-refractivity contribution in [2.45, 2.75) is 20.3 Å². The van der Waals surface area contributed by atoms with Crippen LogP contribution in [0.2, 0.25) is 0 Å². The van der Waals surface area contributed by atoms with E-state index in [1.54, 1.807) is 11.9 Å². The van der Waals surface area contributed by atoms with Gasteiger partial charge in [-0.25, -0.2) is 0 Å². The quantitative estimate of drug-likeness (QED) is 0.711. The van der Waals surface area contributed by atoms with E-state index < -0.39 is 0 Å². The molecule has 0 spiro atoms. The number of rotatable bonds is 7. The molecule has 1 amide bonds. The molecule has 1 N–H and O–H groups in total. The highest BCUT2D eigenvalue weighted by atomic mass is 16.5. The van der Waals surface area contributed by atoms with E-state index in [2.05, 4.69) is 5.32 Å².